The fourth-order valence-electron chi connectivity index (χ4n) is 0.680. The smallest absolute Gasteiger partial charge is 0.352 e. The van der Waals surface area contributed by atoms with E-state index in [0.717, 1.165) is 5.57 Å². The van der Waals surface area contributed by atoms with E-state index in [0.29, 0.717) is 0 Å². The molecular weight excluding hydrogens is 170 g/mol. The van der Waals surface area contributed by atoms with E-state index in [4.69, 9.17) is 5.11 Å². The normalized spacial score (nSPS) is 10.5. The minimum Gasteiger partial charge on any atom is -0.477 e. The number of carboxylic acid groups (broad SMARTS) is 1. The minimum atomic E-state index is -1.14. The maximum absolute atomic E-state index is 11.0. The first-order chi connectivity index (χ1) is 5.97. The first kappa shape index (κ1) is 11.4. The Bertz CT molecular complexity index is 273. The first-order valence-electron chi connectivity index (χ1n) is 3.83. The van der Waals surface area contributed by atoms with Crippen LogP contribution < -0.4 is 5.32 Å². The van der Waals surface area contributed by atoms with Gasteiger partial charge in [-0.25, -0.2) is 4.79 Å². The second kappa shape index (κ2) is 5.13. The van der Waals surface area contributed by atoms with Crippen molar-refractivity contribution >= 4 is 11.9 Å². The van der Waals surface area contributed by atoms with Gasteiger partial charge in [0, 0.05) is 6.08 Å². The molecule has 72 valence electrons. The highest BCUT2D eigenvalue weighted by atomic mass is 16.4. The van der Waals surface area contributed by atoms with Crippen molar-refractivity contribution < 1.29 is 14.7 Å². The second-order valence-electron chi connectivity index (χ2n) is 2.72. The average Bonchev–Trinajstić information content (AvgIpc) is 1.98. The molecule has 0 bridgehead atoms. The fraction of sp³-hybridized carbons (Fsp3) is 0.333. The lowest BCUT2D eigenvalue weighted by Crippen LogP contribution is -2.25. The van der Waals surface area contributed by atoms with Gasteiger partial charge in [-0.3, -0.25) is 4.79 Å². The van der Waals surface area contributed by atoms with Crippen molar-refractivity contribution in [3.8, 4) is 0 Å². The summed E-state index contributed by atoms with van der Waals surface area (Å²) < 4.78 is 0. The quantitative estimate of drug-likeness (QED) is 0.643. The molecule has 0 saturated heterocycles. The highest BCUT2D eigenvalue weighted by molar-refractivity contribution is 5.97. The molecule has 0 atom stereocenters. The van der Waals surface area contributed by atoms with Crippen LogP contribution in [-0.4, -0.2) is 17.0 Å². The predicted molar refractivity (Wildman–Crippen MR) is 49.0 cm³/mol. The number of amides is 1. The van der Waals surface area contributed by atoms with Gasteiger partial charge in [0.1, 0.15) is 5.70 Å². The summed E-state index contributed by atoms with van der Waals surface area (Å²) in [4.78, 5) is 21.5. The Labute approximate surface area is 76.9 Å². The van der Waals surface area contributed by atoms with Crippen molar-refractivity contribution in [2.75, 3.05) is 0 Å². The van der Waals surface area contributed by atoms with Crippen LogP contribution in [0.3, 0.4) is 0 Å². The lowest BCUT2D eigenvalue weighted by molar-refractivity contribution is -0.134. The summed E-state index contributed by atoms with van der Waals surface area (Å²) in [5, 5.41) is 10.8. The van der Waals surface area contributed by atoms with Gasteiger partial charge in [-0.2, -0.15) is 0 Å². The Hall–Kier alpha value is -1.58. The fourth-order valence-corrected chi connectivity index (χ4v) is 0.680. The van der Waals surface area contributed by atoms with Crippen molar-refractivity contribution in [3.05, 3.63) is 23.4 Å². The molecule has 13 heavy (non-hydrogen) atoms. The Morgan fingerprint density at radius 2 is 1.85 bits per heavy atom. The number of nitrogens with one attached hydrogen (secondary N) is 1. The van der Waals surface area contributed by atoms with E-state index in [1.165, 1.54) is 12.2 Å². The van der Waals surface area contributed by atoms with Crippen LogP contribution >= 0.6 is 0 Å². The number of aliphatic carboxylic acids is 1. The van der Waals surface area contributed by atoms with E-state index >= 15 is 0 Å². The zero-order valence-electron chi connectivity index (χ0n) is 7.92. The van der Waals surface area contributed by atoms with Crippen LogP contribution in [0.15, 0.2) is 23.4 Å². The van der Waals surface area contributed by atoms with E-state index in [2.05, 4.69) is 5.32 Å². The lowest BCUT2D eigenvalue weighted by atomic mass is 10.3. The largest absolute Gasteiger partial charge is 0.477 e. The van der Waals surface area contributed by atoms with E-state index in [1.807, 2.05) is 0 Å². The highest BCUT2D eigenvalue weighted by Gasteiger charge is 2.07. The molecule has 0 aromatic carbocycles. The Balaban J connectivity index is 4.37. The van der Waals surface area contributed by atoms with Gasteiger partial charge in [-0.15, -0.1) is 0 Å². The van der Waals surface area contributed by atoms with Gasteiger partial charge in [0.2, 0.25) is 5.91 Å². The molecule has 0 rings (SSSR count). The first-order valence-corrected chi connectivity index (χ1v) is 3.83. The molecule has 0 saturated carbocycles. The Morgan fingerprint density at radius 3 is 2.15 bits per heavy atom. The monoisotopic (exact) mass is 183 g/mol. The molecule has 0 heterocycles. The van der Waals surface area contributed by atoms with Crippen LogP contribution in [0.5, 0.6) is 0 Å². The minimum absolute atomic E-state index is 0.109. The van der Waals surface area contributed by atoms with Gasteiger partial charge in [-0.05, 0) is 20.8 Å². The third kappa shape index (κ3) is 4.79. The van der Waals surface area contributed by atoms with Gasteiger partial charge in [0.25, 0.3) is 0 Å². The summed E-state index contributed by atoms with van der Waals surface area (Å²) in [5.74, 6) is -1.56. The summed E-state index contributed by atoms with van der Waals surface area (Å²) in [6, 6.07) is 0. The van der Waals surface area contributed by atoms with Crippen LogP contribution in [-0.2, 0) is 9.59 Å². The molecule has 0 radical (unpaired) electrons. The van der Waals surface area contributed by atoms with Gasteiger partial charge in [0.05, 0.1) is 0 Å². The van der Waals surface area contributed by atoms with Crippen LogP contribution in [0.25, 0.3) is 0 Å². The highest BCUT2D eigenvalue weighted by Crippen LogP contribution is 1.92. The molecule has 2 N–H and O–H groups in total. The van der Waals surface area contributed by atoms with E-state index in [9.17, 15) is 9.59 Å². The number of hydrogen-bond acceptors (Lipinski definition) is 2. The van der Waals surface area contributed by atoms with Crippen LogP contribution in [0, 0.1) is 0 Å². The molecule has 0 aromatic rings. The molecule has 4 nitrogen and oxygen atoms in total. The number of rotatable bonds is 3. The number of carbonyl (C=O) groups excluding carboxylic acids is 1. The molecule has 4 heteroatoms. The number of allylic oxidation sites excluding steroid dienone is 2. The molecular formula is C9H13NO3. The molecule has 0 aliphatic rings. The van der Waals surface area contributed by atoms with Crippen molar-refractivity contribution in [2.45, 2.75) is 20.8 Å². The maximum atomic E-state index is 11.0. The van der Waals surface area contributed by atoms with Crippen molar-refractivity contribution in [1.82, 2.24) is 5.32 Å². The summed E-state index contributed by atoms with van der Waals surface area (Å²) in [6.45, 7) is 5.07. The molecule has 0 aliphatic heterocycles. The molecule has 0 aliphatic carbocycles. The molecule has 1 amide bonds. The SMILES string of the molecule is C/C=C(\NC(=O)C=C(C)C)C(=O)O. The zero-order chi connectivity index (χ0) is 10.4. The van der Waals surface area contributed by atoms with Crippen LogP contribution in [0.1, 0.15) is 20.8 Å². The predicted octanol–water partition coefficient (Wildman–Crippen LogP) is 1.06. The molecule has 0 aromatic heterocycles. The topological polar surface area (TPSA) is 66.4 Å². The van der Waals surface area contributed by atoms with Gasteiger partial charge >= 0.3 is 5.97 Å². The van der Waals surface area contributed by atoms with E-state index in [1.54, 1.807) is 20.8 Å². The zero-order valence-corrected chi connectivity index (χ0v) is 7.92. The standard InChI is InChI=1S/C9H13NO3/c1-4-7(9(12)13)10-8(11)5-6(2)3/h4-5H,1-3H3,(H,10,11)(H,12,13)/b7-4-. The Kier molecular flexibility index (Phi) is 4.51. The number of hydrogen-bond donors (Lipinski definition) is 2. The maximum Gasteiger partial charge on any atom is 0.352 e. The molecule has 0 unspecified atom stereocenters. The summed E-state index contributed by atoms with van der Waals surface area (Å²) in [7, 11) is 0. The van der Waals surface area contributed by atoms with E-state index in [-0.39, 0.29) is 5.70 Å². The van der Waals surface area contributed by atoms with Gasteiger partial charge in [0.15, 0.2) is 0 Å². The average molecular weight is 183 g/mol. The third-order valence-corrected chi connectivity index (χ3v) is 1.20. The molecule has 0 spiro atoms. The second-order valence-corrected chi connectivity index (χ2v) is 2.72. The Morgan fingerprint density at radius 1 is 1.31 bits per heavy atom. The summed E-state index contributed by atoms with van der Waals surface area (Å²) in [6.07, 6.45) is 2.67. The van der Waals surface area contributed by atoms with Crippen molar-refractivity contribution in [3.63, 3.8) is 0 Å². The number of carboxylic acids is 1. The number of carbonyl (C=O) groups is 2. The van der Waals surface area contributed by atoms with Crippen LogP contribution in [0.2, 0.25) is 0 Å². The summed E-state index contributed by atoms with van der Waals surface area (Å²) >= 11 is 0. The third-order valence-electron chi connectivity index (χ3n) is 1.20. The van der Waals surface area contributed by atoms with Crippen LogP contribution in [0.4, 0.5) is 0 Å². The van der Waals surface area contributed by atoms with Crippen molar-refractivity contribution in [2.24, 2.45) is 0 Å². The van der Waals surface area contributed by atoms with E-state index < -0.39 is 11.9 Å². The van der Waals surface area contributed by atoms with Gasteiger partial charge < -0.3 is 10.4 Å². The molecule has 0 fully saturated rings. The lowest BCUT2D eigenvalue weighted by Gasteiger charge is -2.01. The summed E-state index contributed by atoms with van der Waals surface area (Å²) in [5.41, 5.74) is 0.709. The van der Waals surface area contributed by atoms with Gasteiger partial charge in [-0.1, -0.05) is 11.6 Å². The van der Waals surface area contributed by atoms with Crippen molar-refractivity contribution in [1.29, 1.82) is 0 Å².